The van der Waals surface area contributed by atoms with E-state index >= 15 is 0 Å². The molecular weight excluding hydrogens is 300 g/mol. The minimum Gasteiger partial charge on any atom is -0.300 e. The molecule has 0 saturated carbocycles. The maximum Gasteiger partial charge on any atom is 0.0962 e. The monoisotopic (exact) mass is 314 g/mol. The molecule has 0 amide bonds. The molecule has 2 atom stereocenters. The normalized spacial score (nSPS) is 32.9. The maximum absolute atomic E-state index is 5.49. The number of hydrogen-bond donors (Lipinski definition) is 1. The van der Waals surface area contributed by atoms with Crippen molar-refractivity contribution in [3.8, 4) is 0 Å². The number of thiophene rings is 1. The first kappa shape index (κ1) is 11.9. The van der Waals surface area contributed by atoms with Gasteiger partial charge in [-0.05, 0) is 22.0 Å². The lowest BCUT2D eigenvalue weighted by molar-refractivity contribution is 0.0498. The number of nitrogens with one attached hydrogen (secondary N) is 1. The maximum atomic E-state index is 5.49. The summed E-state index contributed by atoms with van der Waals surface area (Å²) in [6.07, 6.45) is 1.97. The van der Waals surface area contributed by atoms with Crippen molar-refractivity contribution in [1.29, 1.82) is 0 Å². The van der Waals surface area contributed by atoms with Crippen LogP contribution in [0.4, 0.5) is 0 Å². The third-order valence-corrected chi connectivity index (χ3v) is 5.45. The van der Waals surface area contributed by atoms with Gasteiger partial charge in [-0.25, -0.2) is 0 Å². The molecule has 3 heterocycles. The summed E-state index contributed by atoms with van der Waals surface area (Å²) in [4.78, 5) is 9.28. The largest absolute Gasteiger partial charge is 0.300 e. The van der Waals surface area contributed by atoms with E-state index in [0.717, 1.165) is 30.7 Å². The van der Waals surface area contributed by atoms with Crippen molar-refractivity contribution in [2.75, 3.05) is 26.2 Å². The Balaban J connectivity index is 1.91. The highest BCUT2D eigenvalue weighted by molar-refractivity contribution is 9.10. The number of fused-ring (bicyclic) bond motifs is 1. The zero-order valence-electron chi connectivity index (χ0n) is 9.49. The van der Waals surface area contributed by atoms with Crippen LogP contribution in [0.3, 0.4) is 0 Å². The molecular formula is C12H15BrN2OS. The molecule has 2 aliphatic heterocycles. The van der Waals surface area contributed by atoms with Crippen LogP contribution in [-0.4, -0.2) is 31.1 Å². The van der Waals surface area contributed by atoms with E-state index in [1.54, 1.807) is 11.3 Å². The highest BCUT2D eigenvalue weighted by Gasteiger charge is 2.52. The van der Waals surface area contributed by atoms with E-state index in [4.69, 9.17) is 4.84 Å². The van der Waals surface area contributed by atoms with Crippen LogP contribution in [0, 0.1) is 5.92 Å². The highest BCUT2D eigenvalue weighted by Crippen LogP contribution is 2.43. The molecule has 0 radical (unpaired) electrons. The second-order valence-corrected chi connectivity index (χ2v) is 6.52. The van der Waals surface area contributed by atoms with E-state index in [2.05, 4.69) is 44.3 Å². The Hall–Kier alpha value is -0.200. The van der Waals surface area contributed by atoms with Crippen LogP contribution in [0.5, 0.6) is 0 Å². The molecule has 2 saturated heterocycles. The lowest BCUT2D eigenvalue weighted by Crippen LogP contribution is -2.42. The summed E-state index contributed by atoms with van der Waals surface area (Å²) in [5, 5.41) is 2.14. The van der Waals surface area contributed by atoms with Gasteiger partial charge in [-0.15, -0.1) is 17.9 Å². The molecule has 2 aliphatic rings. The van der Waals surface area contributed by atoms with Crippen molar-refractivity contribution in [1.82, 2.24) is 10.4 Å². The van der Waals surface area contributed by atoms with Crippen LogP contribution in [0.15, 0.2) is 28.6 Å². The first-order valence-corrected chi connectivity index (χ1v) is 7.38. The summed E-state index contributed by atoms with van der Waals surface area (Å²) in [6, 6.07) is 2.21. The van der Waals surface area contributed by atoms with Crippen LogP contribution in [-0.2, 0) is 10.4 Å². The zero-order chi connectivity index (χ0) is 11.9. The Morgan fingerprint density at radius 3 is 3.35 bits per heavy atom. The van der Waals surface area contributed by atoms with Gasteiger partial charge in [0.05, 0.1) is 12.1 Å². The topological polar surface area (TPSA) is 24.5 Å². The van der Waals surface area contributed by atoms with Crippen LogP contribution in [0.2, 0.25) is 0 Å². The Labute approximate surface area is 114 Å². The first-order chi connectivity index (χ1) is 8.24. The summed E-state index contributed by atoms with van der Waals surface area (Å²) in [7, 11) is 0. The molecule has 1 aromatic heterocycles. The second kappa shape index (κ2) is 4.48. The van der Waals surface area contributed by atoms with Crippen LogP contribution >= 0.6 is 27.3 Å². The Kier molecular flexibility index (Phi) is 3.13. The molecule has 0 spiro atoms. The van der Waals surface area contributed by atoms with Gasteiger partial charge >= 0.3 is 0 Å². The van der Waals surface area contributed by atoms with E-state index in [-0.39, 0.29) is 5.54 Å². The highest BCUT2D eigenvalue weighted by atomic mass is 79.9. The smallest absolute Gasteiger partial charge is 0.0962 e. The summed E-state index contributed by atoms with van der Waals surface area (Å²) >= 11 is 5.32. The third-order valence-electron chi connectivity index (χ3n) is 3.58. The van der Waals surface area contributed by atoms with Gasteiger partial charge in [0, 0.05) is 40.3 Å². The van der Waals surface area contributed by atoms with Crippen LogP contribution < -0.4 is 5.48 Å². The number of nitrogens with zero attached hydrogens (tertiary/aromatic N) is 1. The van der Waals surface area contributed by atoms with Crippen molar-refractivity contribution in [3.05, 3.63) is 33.5 Å². The average Bonchev–Trinajstić information content (AvgIpc) is 2.91. The lowest BCUT2D eigenvalue weighted by atomic mass is 9.88. The van der Waals surface area contributed by atoms with E-state index < -0.39 is 0 Å². The number of likely N-dealkylation sites (tertiary alicyclic amines) is 1. The second-order valence-electron chi connectivity index (χ2n) is 4.69. The molecule has 0 bridgehead atoms. The molecule has 92 valence electrons. The van der Waals surface area contributed by atoms with Crippen molar-refractivity contribution >= 4 is 27.3 Å². The van der Waals surface area contributed by atoms with Gasteiger partial charge in [-0.1, -0.05) is 6.08 Å². The number of hydroxylamine groups is 1. The van der Waals surface area contributed by atoms with E-state index in [0.29, 0.717) is 5.92 Å². The first-order valence-electron chi connectivity index (χ1n) is 5.71. The predicted octanol–water partition coefficient (Wildman–Crippen LogP) is 2.36. The number of halogens is 1. The molecule has 5 heteroatoms. The van der Waals surface area contributed by atoms with Gasteiger partial charge in [0.25, 0.3) is 0 Å². The van der Waals surface area contributed by atoms with Gasteiger partial charge in [-0.3, -0.25) is 4.90 Å². The fraction of sp³-hybridized carbons (Fsp3) is 0.500. The minimum atomic E-state index is -0.0142. The molecule has 1 N–H and O–H groups in total. The predicted molar refractivity (Wildman–Crippen MR) is 72.9 cm³/mol. The zero-order valence-corrected chi connectivity index (χ0v) is 11.9. The van der Waals surface area contributed by atoms with Crippen LogP contribution in [0.1, 0.15) is 4.88 Å². The SMILES string of the molecule is C=CCN1CC2CONC2(c2cc(Br)cs2)C1. The molecule has 17 heavy (non-hydrogen) atoms. The van der Waals surface area contributed by atoms with Gasteiger partial charge in [0.2, 0.25) is 0 Å². The summed E-state index contributed by atoms with van der Waals surface area (Å²) in [5.41, 5.74) is 3.25. The van der Waals surface area contributed by atoms with Crippen molar-refractivity contribution in [3.63, 3.8) is 0 Å². The van der Waals surface area contributed by atoms with Crippen molar-refractivity contribution in [2.24, 2.45) is 5.92 Å². The minimum absolute atomic E-state index is 0.0142. The molecule has 0 aromatic carbocycles. The molecule has 3 nitrogen and oxygen atoms in total. The van der Waals surface area contributed by atoms with Gasteiger partial charge in [-0.2, -0.15) is 5.48 Å². The quantitative estimate of drug-likeness (QED) is 0.867. The third kappa shape index (κ3) is 1.90. The van der Waals surface area contributed by atoms with Crippen molar-refractivity contribution < 1.29 is 4.84 Å². The van der Waals surface area contributed by atoms with Gasteiger partial charge < -0.3 is 4.84 Å². The molecule has 1 aromatic rings. The Morgan fingerprint density at radius 2 is 2.65 bits per heavy atom. The number of hydrogen-bond acceptors (Lipinski definition) is 4. The lowest BCUT2D eigenvalue weighted by Gasteiger charge is -2.26. The summed E-state index contributed by atoms with van der Waals surface area (Å²) < 4.78 is 1.15. The van der Waals surface area contributed by atoms with Gasteiger partial charge in [0.1, 0.15) is 0 Å². The van der Waals surface area contributed by atoms with E-state index in [1.807, 2.05) is 6.08 Å². The summed E-state index contributed by atoms with van der Waals surface area (Å²) in [6.45, 7) is 7.64. The Bertz CT molecular complexity index is 436. The fourth-order valence-corrected chi connectivity index (χ4v) is 4.44. The van der Waals surface area contributed by atoms with E-state index in [1.165, 1.54) is 4.88 Å². The molecule has 2 unspecified atom stereocenters. The Morgan fingerprint density at radius 1 is 1.76 bits per heavy atom. The van der Waals surface area contributed by atoms with Crippen molar-refractivity contribution in [2.45, 2.75) is 5.54 Å². The average molecular weight is 315 g/mol. The van der Waals surface area contributed by atoms with Crippen LogP contribution in [0.25, 0.3) is 0 Å². The molecule has 2 fully saturated rings. The van der Waals surface area contributed by atoms with Gasteiger partial charge in [0.15, 0.2) is 0 Å². The summed E-state index contributed by atoms with van der Waals surface area (Å²) in [5.74, 6) is 0.535. The molecule has 3 rings (SSSR count). The number of rotatable bonds is 3. The molecule has 0 aliphatic carbocycles. The fourth-order valence-electron chi connectivity index (χ4n) is 2.79. The van der Waals surface area contributed by atoms with E-state index in [9.17, 15) is 0 Å². The standard InChI is InChI=1S/C12H15BrN2OS/c1-2-3-15-5-9-6-16-14-12(9,8-15)11-4-10(13)7-17-11/h2,4,7,9,14H,1,3,5-6,8H2.